The number of Topliss-reactive ketones (excluding diaryl/α,β-unsaturated/α-hetero) is 1. The molecule has 38 heavy (non-hydrogen) atoms. The number of ketones is 1. The van der Waals surface area contributed by atoms with E-state index in [4.69, 9.17) is 14.2 Å². The number of carbonyl (C=O) groups excluding carboxylic acids is 2. The third-order valence-corrected chi connectivity index (χ3v) is 11.2. The molecule has 1 spiro atoms. The Labute approximate surface area is 225 Å². The van der Waals surface area contributed by atoms with Gasteiger partial charge in [-0.05, 0) is 74.3 Å². The fourth-order valence-corrected chi connectivity index (χ4v) is 9.04. The summed E-state index contributed by atoms with van der Waals surface area (Å²) in [6, 6.07) is 2.26. The molecule has 0 aromatic carbocycles. The van der Waals surface area contributed by atoms with Gasteiger partial charge in [-0.3, -0.25) is 9.59 Å². The highest BCUT2D eigenvalue weighted by Crippen LogP contribution is 2.72. The molecule has 3 saturated carbocycles. The van der Waals surface area contributed by atoms with Gasteiger partial charge in [-0.15, -0.1) is 0 Å². The zero-order chi connectivity index (χ0) is 27.5. The van der Waals surface area contributed by atoms with Crippen molar-refractivity contribution in [2.24, 2.45) is 39.9 Å². The maximum atomic E-state index is 14.8. The van der Waals surface area contributed by atoms with E-state index in [2.05, 4.69) is 26.8 Å². The summed E-state index contributed by atoms with van der Waals surface area (Å²) in [6.45, 7) is 12.2. The standard InChI is InChI=1S/C31H41NO6/c1-17-14-30-18(2)12-21-22(27(21,3)4)20(23(30)33)13-19-15-36-28(5,6)38-25(19)31(30,35)24(17)37-26(34)29(16-32)10-8-7-9-11-29/h13-14,18,20-22,24-25,35H,7-12,15H2,1-6H3/t18-,20+,21-,22+,24+,25-,30+,31-/m1/s1. The van der Waals surface area contributed by atoms with Gasteiger partial charge in [0.1, 0.15) is 6.10 Å². The Morgan fingerprint density at radius 3 is 2.53 bits per heavy atom. The van der Waals surface area contributed by atoms with Crippen LogP contribution in [0.3, 0.4) is 0 Å². The molecule has 4 fully saturated rings. The first kappa shape index (κ1) is 26.2. The Kier molecular flexibility index (Phi) is 5.54. The number of nitrogens with zero attached hydrogens (tertiary/aromatic N) is 1. The Morgan fingerprint density at radius 2 is 1.87 bits per heavy atom. The summed E-state index contributed by atoms with van der Waals surface area (Å²) in [4.78, 5) is 28.5. The highest BCUT2D eigenvalue weighted by molar-refractivity contribution is 5.95. The molecule has 6 rings (SSSR count). The molecule has 1 aliphatic heterocycles. The zero-order valence-electron chi connectivity index (χ0n) is 23.5. The van der Waals surface area contributed by atoms with Crippen LogP contribution < -0.4 is 0 Å². The second-order valence-electron chi connectivity index (χ2n) is 14.0. The average Bonchev–Trinajstić information content (AvgIpc) is 3.36. The van der Waals surface area contributed by atoms with Crippen LogP contribution in [0.1, 0.15) is 80.1 Å². The lowest BCUT2D eigenvalue weighted by atomic mass is 9.58. The SMILES string of the molecule is CC1=C[C@]23C(=O)[C@@H](C=C4COC(C)(C)O[C@H]4[C@]2(O)[C@H]1OC(=O)C1(C#N)CCCCC1)[C@H]1[C@@H](C[C@H]3C)C1(C)C. The molecule has 0 aromatic rings. The molecule has 2 bridgehead atoms. The summed E-state index contributed by atoms with van der Waals surface area (Å²) in [5.74, 6) is -1.63. The minimum Gasteiger partial charge on any atom is -0.453 e. The van der Waals surface area contributed by atoms with Crippen LogP contribution >= 0.6 is 0 Å². The number of rotatable bonds is 2. The normalized spacial score (nSPS) is 45.6. The van der Waals surface area contributed by atoms with Crippen LogP contribution in [0.4, 0.5) is 0 Å². The highest BCUT2D eigenvalue weighted by atomic mass is 16.7. The highest BCUT2D eigenvalue weighted by Gasteiger charge is 2.77. The summed E-state index contributed by atoms with van der Waals surface area (Å²) in [6.07, 6.45) is 6.16. The van der Waals surface area contributed by atoms with Crippen molar-refractivity contribution in [1.29, 1.82) is 5.26 Å². The Bertz CT molecular complexity index is 1190. The van der Waals surface area contributed by atoms with Gasteiger partial charge in [-0.25, -0.2) is 0 Å². The van der Waals surface area contributed by atoms with E-state index < -0.39 is 40.4 Å². The van der Waals surface area contributed by atoms with Crippen molar-refractivity contribution in [3.63, 3.8) is 0 Å². The Balaban J connectivity index is 1.50. The van der Waals surface area contributed by atoms with Gasteiger partial charge in [0.2, 0.25) is 0 Å². The van der Waals surface area contributed by atoms with E-state index in [0.29, 0.717) is 24.3 Å². The number of nitriles is 1. The minimum absolute atomic E-state index is 0.0144. The van der Waals surface area contributed by atoms with Crippen molar-refractivity contribution >= 4 is 11.8 Å². The van der Waals surface area contributed by atoms with Gasteiger partial charge in [0.05, 0.1) is 18.1 Å². The predicted molar refractivity (Wildman–Crippen MR) is 138 cm³/mol. The number of carbonyl (C=O) groups is 2. The van der Waals surface area contributed by atoms with Crippen molar-refractivity contribution in [2.45, 2.75) is 104 Å². The van der Waals surface area contributed by atoms with Gasteiger partial charge < -0.3 is 19.3 Å². The summed E-state index contributed by atoms with van der Waals surface area (Å²) < 4.78 is 18.7. The van der Waals surface area contributed by atoms with Crippen molar-refractivity contribution in [3.8, 4) is 6.07 Å². The molecule has 0 amide bonds. The predicted octanol–water partition coefficient (Wildman–Crippen LogP) is 4.64. The topological polar surface area (TPSA) is 106 Å². The second kappa shape index (κ2) is 8.02. The van der Waals surface area contributed by atoms with Gasteiger partial charge in [-0.2, -0.15) is 5.26 Å². The smallest absolute Gasteiger partial charge is 0.327 e. The molecule has 0 aromatic heterocycles. The Hall–Kier alpha value is -2.01. The van der Waals surface area contributed by atoms with Crippen molar-refractivity contribution in [1.82, 2.24) is 0 Å². The number of hydrogen-bond donors (Lipinski definition) is 1. The van der Waals surface area contributed by atoms with Crippen molar-refractivity contribution < 1.29 is 28.9 Å². The first-order chi connectivity index (χ1) is 17.7. The lowest BCUT2D eigenvalue weighted by Gasteiger charge is -2.53. The molecule has 5 aliphatic carbocycles. The summed E-state index contributed by atoms with van der Waals surface area (Å²) in [5.41, 5.74) is -2.94. The first-order valence-electron chi connectivity index (χ1n) is 14.4. The average molecular weight is 524 g/mol. The maximum absolute atomic E-state index is 14.8. The van der Waals surface area contributed by atoms with Gasteiger partial charge in [-0.1, -0.05) is 52.2 Å². The van der Waals surface area contributed by atoms with Crippen LogP contribution in [0.2, 0.25) is 0 Å². The third kappa shape index (κ3) is 3.17. The number of esters is 1. The van der Waals surface area contributed by atoms with Crippen LogP contribution in [0, 0.1) is 51.2 Å². The molecule has 1 saturated heterocycles. The fraction of sp³-hybridized carbons (Fsp3) is 0.774. The largest absolute Gasteiger partial charge is 0.453 e. The van der Waals surface area contributed by atoms with E-state index in [-0.39, 0.29) is 35.6 Å². The number of fused-ring (bicyclic) bond motifs is 5. The molecular weight excluding hydrogens is 482 g/mol. The number of allylic oxidation sites excluding steroid dienone is 1. The van der Waals surface area contributed by atoms with E-state index in [9.17, 15) is 20.0 Å². The minimum atomic E-state index is -1.85. The molecule has 206 valence electrons. The van der Waals surface area contributed by atoms with Crippen LogP contribution in [-0.2, 0) is 23.8 Å². The third-order valence-electron chi connectivity index (χ3n) is 11.2. The monoisotopic (exact) mass is 523 g/mol. The first-order valence-corrected chi connectivity index (χ1v) is 14.4. The van der Waals surface area contributed by atoms with Crippen LogP contribution in [0.25, 0.3) is 0 Å². The quantitative estimate of drug-likeness (QED) is 0.415. The Morgan fingerprint density at radius 1 is 1.18 bits per heavy atom. The van der Waals surface area contributed by atoms with Crippen molar-refractivity contribution in [3.05, 3.63) is 23.3 Å². The maximum Gasteiger partial charge on any atom is 0.327 e. The molecule has 1 heterocycles. The lowest BCUT2D eigenvalue weighted by molar-refractivity contribution is -0.304. The van der Waals surface area contributed by atoms with E-state index in [1.54, 1.807) is 13.8 Å². The number of aliphatic hydroxyl groups is 1. The fourth-order valence-electron chi connectivity index (χ4n) is 9.04. The van der Waals surface area contributed by atoms with Crippen LogP contribution in [0.5, 0.6) is 0 Å². The molecular formula is C31H41NO6. The van der Waals surface area contributed by atoms with E-state index in [0.717, 1.165) is 31.3 Å². The van der Waals surface area contributed by atoms with Crippen LogP contribution in [-0.4, -0.2) is 47.1 Å². The zero-order valence-corrected chi connectivity index (χ0v) is 23.5. The summed E-state index contributed by atoms with van der Waals surface area (Å²) in [7, 11) is 0. The lowest BCUT2D eigenvalue weighted by Crippen LogP contribution is -2.68. The molecule has 0 radical (unpaired) electrons. The van der Waals surface area contributed by atoms with Gasteiger partial charge in [0, 0.05) is 5.92 Å². The van der Waals surface area contributed by atoms with Crippen molar-refractivity contribution in [2.75, 3.05) is 6.61 Å². The van der Waals surface area contributed by atoms with Gasteiger partial charge in [0.15, 0.2) is 28.7 Å². The molecule has 7 nitrogen and oxygen atoms in total. The summed E-state index contributed by atoms with van der Waals surface area (Å²) >= 11 is 0. The number of ether oxygens (including phenoxy) is 3. The van der Waals surface area contributed by atoms with E-state index in [1.165, 1.54) is 0 Å². The van der Waals surface area contributed by atoms with Gasteiger partial charge >= 0.3 is 5.97 Å². The molecule has 1 N–H and O–H groups in total. The summed E-state index contributed by atoms with van der Waals surface area (Å²) in [5, 5.41) is 23.2. The van der Waals surface area contributed by atoms with Gasteiger partial charge in [0.25, 0.3) is 0 Å². The number of hydrogen-bond acceptors (Lipinski definition) is 7. The van der Waals surface area contributed by atoms with E-state index >= 15 is 0 Å². The molecule has 6 aliphatic rings. The second-order valence-corrected chi connectivity index (χ2v) is 14.0. The molecule has 8 atom stereocenters. The van der Waals surface area contributed by atoms with E-state index in [1.807, 2.05) is 19.1 Å². The molecule has 0 unspecified atom stereocenters. The molecule has 7 heteroatoms. The van der Waals surface area contributed by atoms with Crippen LogP contribution in [0.15, 0.2) is 23.3 Å².